The van der Waals surface area contributed by atoms with E-state index in [-0.39, 0.29) is 25.0 Å². The number of nitriles is 1. The smallest absolute Gasteiger partial charge is 0.228 e. The molecule has 102 valence electrons. The van der Waals surface area contributed by atoms with E-state index in [1.54, 1.807) is 0 Å². The summed E-state index contributed by atoms with van der Waals surface area (Å²) in [5, 5.41) is 27.9. The molecule has 0 atom stereocenters. The molecule has 0 unspecified atom stereocenters. The van der Waals surface area contributed by atoms with Gasteiger partial charge in [-0.2, -0.15) is 10.4 Å². The third kappa shape index (κ3) is 3.10. The fourth-order valence-corrected chi connectivity index (χ4v) is 2.17. The van der Waals surface area contributed by atoms with Crippen LogP contribution in [0.5, 0.6) is 0 Å². The van der Waals surface area contributed by atoms with Crippen molar-refractivity contribution in [3.63, 3.8) is 0 Å². The molecule has 1 aliphatic rings. The second-order valence-electron chi connectivity index (χ2n) is 4.48. The number of carbonyl (C=O) groups is 1. The summed E-state index contributed by atoms with van der Waals surface area (Å²) in [6, 6.07) is 1.99. The van der Waals surface area contributed by atoms with Gasteiger partial charge >= 0.3 is 0 Å². The lowest BCUT2D eigenvalue weighted by molar-refractivity contribution is -0.120. The lowest BCUT2D eigenvalue weighted by atomic mass is 9.97. The van der Waals surface area contributed by atoms with E-state index < -0.39 is 0 Å². The molecule has 1 amide bonds. The molecule has 0 radical (unpaired) electrons. The average molecular weight is 263 g/mol. The predicted octanol–water partition coefficient (Wildman–Crippen LogP) is -0.315. The number of carbonyl (C=O) groups excluding carboxylic acids is 1. The molecule has 7 nitrogen and oxygen atoms in total. The number of anilines is 1. The molecule has 1 saturated heterocycles. The van der Waals surface area contributed by atoms with Crippen LogP contribution in [0.2, 0.25) is 0 Å². The number of hydrogen-bond acceptors (Lipinski definition) is 5. The number of aliphatic hydroxyl groups is 1. The highest BCUT2D eigenvalue weighted by molar-refractivity contribution is 5.92. The molecule has 1 fully saturated rings. The SMILES string of the molecule is N#Cc1cnn(CCO)c1NC(=O)C1CCNCC1. The topological polar surface area (TPSA) is 103 Å². The van der Waals surface area contributed by atoms with E-state index in [0.717, 1.165) is 25.9 Å². The first kappa shape index (κ1) is 13.5. The normalized spacial score (nSPS) is 16.0. The molecule has 1 aromatic rings. The van der Waals surface area contributed by atoms with E-state index in [1.807, 2.05) is 6.07 Å². The second-order valence-corrected chi connectivity index (χ2v) is 4.48. The van der Waals surface area contributed by atoms with Gasteiger partial charge in [-0.15, -0.1) is 0 Å². The highest BCUT2D eigenvalue weighted by Crippen LogP contribution is 2.18. The Balaban J connectivity index is 2.10. The molecular formula is C12H17N5O2. The van der Waals surface area contributed by atoms with Gasteiger partial charge in [-0.1, -0.05) is 0 Å². The minimum atomic E-state index is -0.0945. The first-order valence-corrected chi connectivity index (χ1v) is 6.34. The molecule has 7 heteroatoms. The van der Waals surface area contributed by atoms with Crippen LogP contribution in [0, 0.1) is 17.2 Å². The van der Waals surface area contributed by atoms with Crippen LogP contribution in [-0.2, 0) is 11.3 Å². The van der Waals surface area contributed by atoms with Crippen LogP contribution >= 0.6 is 0 Å². The fraction of sp³-hybridized carbons (Fsp3) is 0.583. The number of aromatic nitrogens is 2. The zero-order chi connectivity index (χ0) is 13.7. The molecule has 1 aromatic heterocycles. The highest BCUT2D eigenvalue weighted by Gasteiger charge is 2.23. The molecule has 0 spiro atoms. The number of nitrogens with one attached hydrogen (secondary N) is 2. The Kier molecular flexibility index (Phi) is 4.49. The summed E-state index contributed by atoms with van der Waals surface area (Å²) in [6.45, 7) is 1.82. The average Bonchev–Trinajstić information content (AvgIpc) is 2.82. The highest BCUT2D eigenvalue weighted by atomic mass is 16.3. The van der Waals surface area contributed by atoms with Crippen molar-refractivity contribution in [2.75, 3.05) is 25.0 Å². The quantitative estimate of drug-likeness (QED) is 0.691. The Morgan fingerprint density at radius 3 is 3.00 bits per heavy atom. The Bertz CT molecular complexity index is 485. The molecule has 0 aliphatic carbocycles. The minimum Gasteiger partial charge on any atom is -0.394 e. The molecular weight excluding hydrogens is 246 g/mol. The molecule has 19 heavy (non-hydrogen) atoms. The Labute approximate surface area is 111 Å². The Morgan fingerprint density at radius 2 is 2.37 bits per heavy atom. The largest absolute Gasteiger partial charge is 0.394 e. The molecule has 3 N–H and O–H groups in total. The van der Waals surface area contributed by atoms with Crippen LogP contribution in [0.4, 0.5) is 5.82 Å². The van der Waals surface area contributed by atoms with Crippen molar-refractivity contribution in [1.82, 2.24) is 15.1 Å². The summed E-state index contributed by atoms with van der Waals surface area (Å²) >= 11 is 0. The van der Waals surface area contributed by atoms with E-state index >= 15 is 0 Å². The summed E-state index contributed by atoms with van der Waals surface area (Å²) in [6.07, 6.45) is 2.98. The Hall–Kier alpha value is -1.91. The zero-order valence-electron chi connectivity index (χ0n) is 10.6. The van der Waals surface area contributed by atoms with Gasteiger partial charge in [0.15, 0.2) is 0 Å². The van der Waals surface area contributed by atoms with Gasteiger partial charge in [0.1, 0.15) is 17.5 Å². The maximum absolute atomic E-state index is 12.1. The summed E-state index contributed by atoms with van der Waals surface area (Å²) in [5.41, 5.74) is 0.315. The van der Waals surface area contributed by atoms with E-state index in [0.29, 0.717) is 11.4 Å². The first-order valence-electron chi connectivity index (χ1n) is 6.34. The number of amides is 1. The van der Waals surface area contributed by atoms with Gasteiger partial charge in [0.2, 0.25) is 5.91 Å². The van der Waals surface area contributed by atoms with Crippen molar-refractivity contribution < 1.29 is 9.90 Å². The molecule has 0 aromatic carbocycles. The van der Waals surface area contributed by atoms with Crippen molar-refractivity contribution >= 4 is 11.7 Å². The first-order chi connectivity index (χ1) is 9.26. The zero-order valence-corrected chi connectivity index (χ0v) is 10.6. The van der Waals surface area contributed by atoms with Gasteiger partial charge in [-0.25, -0.2) is 4.68 Å². The number of piperidine rings is 1. The van der Waals surface area contributed by atoms with Crippen molar-refractivity contribution in [2.45, 2.75) is 19.4 Å². The third-order valence-electron chi connectivity index (χ3n) is 3.22. The van der Waals surface area contributed by atoms with Crippen LogP contribution < -0.4 is 10.6 Å². The van der Waals surface area contributed by atoms with Gasteiger partial charge in [-0.05, 0) is 25.9 Å². The van der Waals surface area contributed by atoms with E-state index in [2.05, 4.69) is 15.7 Å². The fourth-order valence-electron chi connectivity index (χ4n) is 2.17. The van der Waals surface area contributed by atoms with Crippen molar-refractivity contribution in [1.29, 1.82) is 5.26 Å². The number of nitrogens with zero attached hydrogens (tertiary/aromatic N) is 3. The van der Waals surface area contributed by atoms with Crippen molar-refractivity contribution in [2.24, 2.45) is 5.92 Å². The molecule has 2 rings (SSSR count). The van der Waals surface area contributed by atoms with Crippen LogP contribution in [0.25, 0.3) is 0 Å². The molecule has 0 saturated carbocycles. The summed E-state index contributed by atoms with van der Waals surface area (Å²) < 4.78 is 1.44. The third-order valence-corrected chi connectivity index (χ3v) is 3.22. The van der Waals surface area contributed by atoms with E-state index in [1.165, 1.54) is 10.9 Å². The van der Waals surface area contributed by atoms with Gasteiger partial charge in [0.05, 0.1) is 19.3 Å². The molecule has 2 heterocycles. The number of hydrogen-bond donors (Lipinski definition) is 3. The van der Waals surface area contributed by atoms with Gasteiger partial charge in [0.25, 0.3) is 0 Å². The molecule has 0 bridgehead atoms. The minimum absolute atomic E-state index is 0.0368. The van der Waals surface area contributed by atoms with E-state index in [9.17, 15) is 4.79 Å². The van der Waals surface area contributed by atoms with Gasteiger partial charge < -0.3 is 15.7 Å². The molecule has 1 aliphatic heterocycles. The maximum Gasteiger partial charge on any atom is 0.228 e. The second kappa shape index (κ2) is 6.31. The summed E-state index contributed by atoms with van der Waals surface area (Å²) in [7, 11) is 0. The van der Waals surface area contributed by atoms with Crippen LogP contribution in [-0.4, -0.2) is 40.5 Å². The predicted molar refractivity (Wildman–Crippen MR) is 68.3 cm³/mol. The standard InChI is InChI=1S/C12H17N5O2/c13-7-10-8-15-17(5-6-18)11(10)16-12(19)9-1-3-14-4-2-9/h8-9,14,18H,1-6H2,(H,16,19). The van der Waals surface area contributed by atoms with Crippen molar-refractivity contribution in [3.8, 4) is 6.07 Å². The van der Waals surface area contributed by atoms with Crippen molar-refractivity contribution in [3.05, 3.63) is 11.8 Å². The monoisotopic (exact) mass is 263 g/mol. The van der Waals surface area contributed by atoms with Crippen LogP contribution in [0.3, 0.4) is 0 Å². The van der Waals surface area contributed by atoms with E-state index in [4.69, 9.17) is 10.4 Å². The lowest BCUT2D eigenvalue weighted by Gasteiger charge is -2.22. The van der Waals surface area contributed by atoms with Crippen LogP contribution in [0.15, 0.2) is 6.20 Å². The van der Waals surface area contributed by atoms with Gasteiger partial charge in [-0.3, -0.25) is 4.79 Å². The van der Waals surface area contributed by atoms with Gasteiger partial charge in [0, 0.05) is 5.92 Å². The maximum atomic E-state index is 12.1. The summed E-state index contributed by atoms with van der Waals surface area (Å²) in [4.78, 5) is 12.1. The Morgan fingerprint density at radius 1 is 1.63 bits per heavy atom. The van der Waals surface area contributed by atoms with Crippen LogP contribution in [0.1, 0.15) is 18.4 Å². The number of aliphatic hydroxyl groups excluding tert-OH is 1. The lowest BCUT2D eigenvalue weighted by Crippen LogP contribution is -2.35. The number of rotatable bonds is 4. The summed E-state index contributed by atoms with van der Waals surface area (Å²) in [5.74, 6) is 0.253.